The summed E-state index contributed by atoms with van der Waals surface area (Å²) in [6.45, 7) is 0. The number of pyridine rings is 1. The number of nitrogens with one attached hydrogen (secondary N) is 1. The number of hydrogen-bond acceptors (Lipinski definition) is 6. The lowest BCUT2D eigenvalue weighted by atomic mass is 10.2. The molecule has 0 fully saturated rings. The molecule has 0 atom stereocenters. The van der Waals surface area contributed by atoms with E-state index in [1.807, 2.05) is 47.4 Å². The fourth-order valence-corrected chi connectivity index (χ4v) is 2.91. The molecule has 0 saturated carbocycles. The third kappa shape index (κ3) is 4.25. The molecular weight excluding hydrogens is 378 g/mol. The van der Waals surface area contributed by atoms with Crippen LogP contribution in [-0.4, -0.2) is 28.0 Å². The zero-order valence-electron chi connectivity index (χ0n) is 16.3. The number of benzene rings is 2. The lowest BCUT2D eigenvalue weighted by Crippen LogP contribution is -2.15. The van der Waals surface area contributed by atoms with Gasteiger partial charge in [-0.1, -0.05) is 12.1 Å². The number of nitrogens with zero attached hydrogens (tertiary/aromatic N) is 4. The number of aromatic nitrogens is 3. The lowest BCUT2D eigenvalue weighted by molar-refractivity contribution is 0.102. The van der Waals surface area contributed by atoms with Crippen LogP contribution < -0.4 is 15.0 Å². The van der Waals surface area contributed by atoms with Gasteiger partial charge in [0.1, 0.15) is 11.6 Å². The van der Waals surface area contributed by atoms with E-state index in [1.54, 1.807) is 56.0 Å². The number of ether oxygens (including phenoxy) is 1. The average Bonchev–Trinajstić information content (AvgIpc) is 2.81. The molecule has 4 aromatic rings. The van der Waals surface area contributed by atoms with E-state index in [4.69, 9.17) is 4.74 Å². The molecule has 1 N–H and O–H groups in total. The summed E-state index contributed by atoms with van der Waals surface area (Å²) in [5, 5.41) is 2.93. The molecule has 7 heteroatoms. The standard InChI is InChI=1S/C23H19N5O2/c1-30-20-11-9-17(10-12-20)22(29)27-18-6-4-7-19(16-18)28(21-8-2-3-13-24-21)23-25-14-5-15-26-23/h2-16H,1H3,(H,27,29). The first-order valence-corrected chi connectivity index (χ1v) is 9.28. The second kappa shape index (κ2) is 8.83. The van der Waals surface area contributed by atoms with Crippen LogP contribution in [0.4, 0.5) is 23.1 Å². The Bertz CT molecular complexity index is 1080. The number of anilines is 4. The van der Waals surface area contributed by atoms with Gasteiger partial charge in [-0.05, 0) is 60.7 Å². The quantitative estimate of drug-likeness (QED) is 0.512. The molecule has 0 aliphatic carbocycles. The molecule has 0 saturated heterocycles. The summed E-state index contributed by atoms with van der Waals surface area (Å²) in [6.07, 6.45) is 5.06. The molecule has 0 radical (unpaired) electrons. The van der Waals surface area contributed by atoms with Crippen LogP contribution in [0.5, 0.6) is 5.75 Å². The Morgan fingerprint density at radius 3 is 2.33 bits per heavy atom. The lowest BCUT2D eigenvalue weighted by Gasteiger charge is -2.22. The molecule has 0 spiro atoms. The van der Waals surface area contributed by atoms with Gasteiger partial charge in [-0.15, -0.1) is 0 Å². The van der Waals surface area contributed by atoms with Gasteiger partial charge < -0.3 is 10.1 Å². The van der Waals surface area contributed by atoms with Crippen molar-refractivity contribution in [1.29, 1.82) is 0 Å². The van der Waals surface area contributed by atoms with Crippen LogP contribution in [0.15, 0.2) is 91.4 Å². The van der Waals surface area contributed by atoms with E-state index in [0.717, 1.165) is 5.69 Å². The number of amides is 1. The summed E-state index contributed by atoms with van der Waals surface area (Å²) in [7, 11) is 1.59. The van der Waals surface area contributed by atoms with Gasteiger partial charge in [0.15, 0.2) is 0 Å². The first-order chi connectivity index (χ1) is 14.7. The zero-order chi connectivity index (χ0) is 20.8. The van der Waals surface area contributed by atoms with Crippen LogP contribution >= 0.6 is 0 Å². The molecule has 4 rings (SSSR count). The van der Waals surface area contributed by atoms with Crippen molar-refractivity contribution in [2.45, 2.75) is 0 Å². The molecule has 0 aliphatic heterocycles. The highest BCUT2D eigenvalue weighted by atomic mass is 16.5. The average molecular weight is 397 g/mol. The van der Waals surface area contributed by atoms with Crippen LogP contribution in [-0.2, 0) is 0 Å². The second-order valence-electron chi connectivity index (χ2n) is 6.31. The van der Waals surface area contributed by atoms with E-state index in [1.165, 1.54) is 0 Å². The molecule has 2 heterocycles. The predicted molar refractivity (Wildman–Crippen MR) is 115 cm³/mol. The number of carbonyl (C=O) groups is 1. The monoisotopic (exact) mass is 397 g/mol. The van der Waals surface area contributed by atoms with Gasteiger partial charge in [-0.2, -0.15) is 0 Å². The Morgan fingerprint density at radius 1 is 0.867 bits per heavy atom. The topological polar surface area (TPSA) is 80.2 Å². The SMILES string of the molecule is COc1ccc(C(=O)Nc2cccc(N(c3ccccn3)c3ncccn3)c2)cc1. The molecule has 0 aliphatic rings. The van der Waals surface area contributed by atoms with Gasteiger partial charge >= 0.3 is 0 Å². The van der Waals surface area contributed by atoms with Crippen molar-refractivity contribution in [2.75, 3.05) is 17.3 Å². The molecule has 0 unspecified atom stereocenters. The number of hydrogen-bond donors (Lipinski definition) is 1. The first kappa shape index (κ1) is 19.1. The van der Waals surface area contributed by atoms with Crippen molar-refractivity contribution in [1.82, 2.24) is 15.0 Å². The molecule has 1 amide bonds. The molecule has 2 aromatic carbocycles. The Hall–Kier alpha value is -4.26. The van der Waals surface area contributed by atoms with Crippen LogP contribution in [0.25, 0.3) is 0 Å². The highest BCUT2D eigenvalue weighted by Gasteiger charge is 2.16. The van der Waals surface area contributed by atoms with Gasteiger partial charge in [0.05, 0.1) is 12.8 Å². The van der Waals surface area contributed by atoms with E-state index >= 15 is 0 Å². The maximum absolute atomic E-state index is 12.6. The molecule has 0 bridgehead atoms. The third-order valence-electron chi connectivity index (χ3n) is 4.34. The van der Waals surface area contributed by atoms with Crippen LogP contribution in [0.3, 0.4) is 0 Å². The van der Waals surface area contributed by atoms with E-state index in [2.05, 4.69) is 20.3 Å². The molecule has 30 heavy (non-hydrogen) atoms. The highest BCUT2D eigenvalue weighted by Crippen LogP contribution is 2.31. The number of rotatable bonds is 6. The summed E-state index contributed by atoms with van der Waals surface area (Å²) in [6, 6.07) is 21.8. The van der Waals surface area contributed by atoms with Crippen molar-refractivity contribution < 1.29 is 9.53 Å². The second-order valence-corrected chi connectivity index (χ2v) is 6.31. The normalized spacial score (nSPS) is 10.3. The molecule has 148 valence electrons. The van der Waals surface area contributed by atoms with Crippen molar-refractivity contribution >= 4 is 29.0 Å². The summed E-state index contributed by atoms with van der Waals surface area (Å²) in [5.41, 5.74) is 1.95. The van der Waals surface area contributed by atoms with Crippen molar-refractivity contribution in [3.8, 4) is 5.75 Å². The van der Waals surface area contributed by atoms with Crippen LogP contribution in [0.2, 0.25) is 0 Å². The van der Waals surface area contributed by atoms with Gasteiger partial charge in [0.2, 0.25) is 5.95 Å². The third-order valence-corrected chi connectivity index (χ3v) is 4.34. The summed E-state index contributed by atoms with van der Waals surface area (Å²) >= 11 is 0. The highest BCUT2D eigenvalue weighted by molar-refractivity contribution is 6.04. The minimum Gasteiger partial charge on any atom is -0.497 e. The van der Waals surface area contributed by atoms with Gasteiger partial charge in [-0.3, -0.25) is 9.69 Å². The predicted octanol–water partition coefficient (Wildman–Crippen LogP) is 4.60. The smallest absolute Gasteiger partial charge is 0.255 e. The largest absolute Gasteiger partial charge is 0.497 e. The first-order valence-electron chi connectivity index (χ1n) is 9.28. The Balaban J connectivity index is 1.64. The Kier molecular flexibility index (Phi) is 5.61. The Labute approximate surface area is 174 Å². The van der Waals surface area contributed by atoms with Crippen molar-refractivity contribution in [3.05, 3.63) is 97.0 Å². The molecular formula is C23H19N5O2. The maximum Gasteiger partial charge on any atom is 0.255 e. The van der Waals surface area contributed by atoms with Gasteiger partial charge in [0, 0.05) is 29.8 Å². The van der Waals surface area contributed by atoms with Gasteiger partial charge in [0.25, 0.3) is 5.91 Å². The maximum atomic E-state index is 12.6. The Morgan fingerprint density at radius 2 is 1.63 bits per heavy atom. The molecule has 2 aromatic heterocycles. The molecule has 7 nitrogen and oxygen atoms in total. The van der Waals surface area contributed by atoms with Gasteiger partial charge in [-0.25, -0.2) is 15.0 Å². The van der Waals surface area contributed by atoms with E-state index in [-0.39, 0.29) is 5.91 Å². The zero-order valence-corrected chi connectivity index (χ0v) is 16.3. The van der Waals surface area contributed by atoms with E-state index in [9.17, 15) is 4.79 Å². The van der Waals surface area contributed by atoms with E-state index in [0.29, 0.717) is 28.8 Å². The van der Waals surface area contributed by atoms with E-state index < -0.39 is 0 Å². The van der Waals surface area contributed by atoms with Crippen molar-refractivity contribution in [3.63, 3.8) is 0 Å². The summed E-state index contributed by atoms with van der Waals surface area (Å²) < 4.78 is 5.14. The number of carbonyl (C=O) groups excluding carboxylic acids is 1. The minimum absolute atomic E-state index is 0.213. The minimum atomic E-state index is -0.213. The van der Waals surface area contributed by atoms with Crippen LogP contribution in [0.1, 0.15) is 10.4 Å². The van der Waals surface area contributed by atoms with Crippen LogP contribution in [0, 0.1) is 0 Å². The number of methoxy groups -OCH3 is 1. The fraction of sp³-hybridized carbons (Fsp3) is 0.0435. The fourth-order valence-electron chi connectivity index (χ4n) is 2.91. The summed E-state index contributed by atoms with van der Waals surface area (Å²) in [4.78, 5) is 27.6. The van der Waals surface area contributed by atoms with Crippen molar-refractivity contribution in [2.24, 2.45) is 0 Å². The summed E-state index contributed by atoms with van der Waals surface area (Å²) in [5.74, 6) is 1.63.